The Balaban J connectivity index is 1.36. The summed E-state index contributed by atoms with van der Waals surface area (Å²) in [5.74, 6) is 0.153. The van der Waals surface area contributed by atoms with Crippen molar-refractivity contribution in [3.05, 3.63) is 59.9 Å². The summed E-state index contributed by atoms with van der Waals surface area (Å²) >= 11 is 0. The van der Waals surface area contributed by atoms with Crippen LogP contribution in [0.5, 0.6) is 0 Å². The fourth-order valence-electron chi connectivity index (χ4n) is 4.65. The van der Waals surface area contributed by atoms with Crippen molar-refractivity contribution in [2.75, 3.05) is 19.6 Å². The summed E-state index contributed by atoms with van der Waals surface area (Å²) in [4.78, 5) is 19.3. The Kier molecular flexibility index (Phi) is 7.02. The van der Waals surface area contributed by atoms with E-state index in [9.17, 15) is 13.2 Å². The van der Waals surface area contributed by atoms with Crippen LogP contribution in [0.25, 0.3) is 0 Å². The Bertz CT molecular complexity index is 969. The third-order valence-corrected chi connectivity index (χ3v) is 8.33. The monoisotopic (exact) mass is 441 g/mol. The molecule has 1 amide bonds. The van der Waals surface area contributed by atoms with Gasteiger partial charge in [0, 0.05) is 38.4 Å². The van der Waals surface area contributed by atoms with E-state index in [0.29, 0.717) is 30.8 Å². The van der Waals surface area contributed by atoms with Crippen molar-refractivity contribution in [2.24, 2.45) is 0 Å². The van der Waals surface area contributed by atoms with E-state index in [-0.39, 0.29) is 11.9 Å². The number of hydrogen-bond acceptors (Lipinski definition) is 4. The third kappa shape index (κ3) is 5.15. The molecule has 0 saturated carbocycles. The zero-order valence-corrected chi connectivity index (χ0v) is 18.8. The maximum absolute atomic E-state index is 12.9. The summed E-state index contributed by atoms with van der Waals surface area (Å²) < 4.78 is 27.5. The van der Waals surface area contributed by atoms with E-state index in [4.69, 9.17) is 0 Å². The smallest absolute Gasteiger partial charge is 0.243 e. The highest BCUT2D eigenvalue weighted by atomic mass is 32.2. The number of sulfonamides is 1. The molecule has 1 atom stereocenters. The molecule has 31 heavy (non-hydrogen) atoms. The van der Waals surface area contributed by atoms with Gasteiger partial charge in [0.25, 0.3) is 0 Å². The van der Waals surface area contributed by atoms with Gasteiger partial charge in [-0.25, -0.2) is 8.42 Å². The van der Waals surface area contributed by atoms with Gasteiger partial charge in [-0.2, -0.15) is 4.31 Å². The Morgan fingerprint density at radius 1 is 0.903 bits per heavy atom. The summed E-state index contributed by atoms with van der Waals surface area (Å²) in [6.07, 6.45) is 10.6. The van der Waals surface area contributed by atoms with Gasteiger partial charge >= 0.3 is 0 Å². The zero-order valence-electron chi connectivity index (χ0n) is 17.9. The molecule has 0 N–H and O–H groups in total. The number of amides is 1. The number of pyridine rings is 1. The zero-order chi connectivity index (χ0) is 21.7. The minimum atomic E-state index is -3.43. The molecule has 166 valence electrons. The topological polar surface area (TPSA) is 70.6 Å². The van der Waals surface area contributed by atoms with Gasteiger partial charge in [-0.05, 0) is 67.5 Å². The minimum Gasteiger partial charge on any atom is -0.336 e. The highest BCUT2D eigenvalue weighted by Gasteiger charge is 2.29. The van der Waals surface area contributed by atoms with Crippen LogP contribution in [0.3, 0.4) is 0 Å². The van der Waals surface area contributed by atoms with Crippen molar-refractivity contribution in [1.29, 1.82) is 0 Å². The Hall–Kier alpha value is -2.25. The van der Waals surface area contributed by atoms with Gasteiger partial charge in [0.15, 0.2) is 0 Å². The van der Waals surface area contributed by atoms with E-state index < -0.39 is 10.0 Å². The molecule has 4 rings (SSSR count). The van der Waals surface area contributed by atoms with Crippen molar-refractivity contribution in [3.63, 3.8) is 0 Å². The predicted molar refractivity (Wildman–Crippen MR) is 120 cm³/mol. The number of carbonyl (C=O) groups excluding carboxylic acids is 1. The van der Waals surface area contributed by atoms with Crippen LogP contribution in [0.1, 0.15) is 62.1 Å². The summed E-state index contributed by atoms with van der Waals surface area (Å²) in [7, 11) is -3.43. The molecular weight excluding hydrogens is 410 g/mol. The molecule has 2 saturated heterocycles. The molecule has 1 aromatic heterocycles. The minimum absolute atomic E-state index is 0.136. The fraction of sp³-hybridized carbons (Fsp3) is 0.500. The molecule has 0 bridgehead atoms. The summed E-state index contributed by atoms with van der Waals surface area (Å²) in [6.45, 7) is 2.00. The lowest BCUT2D eigenvalue weighted by Gasteiger charge is -2.25. The first kappa shape index (κ1) is 22.0. The number of likely N-dealkylation sites (tertiary alicyclic amines) is 1. The van der Waals surface area contributed by atoms with Crippen LogP contribution < -0.4 is 0 Å². The lowest BCUT2D eigenvalue weighted by molar-refractivity contribution is -0.132. The first-order valence-corrected chi connectivity index (χ1v) is 12.8. The number of aryl methyl sites for hydroxylation is 1. The van der Waals surface area contributed by atoms with Crippen LogP contribution in [0.2, 0.25) is 0 Å². The molecule has 2 fully saturated rings. The van der Waals surface area contributed by atoms with Crippen LogP contribution >= 0.6 is 0 Å². The SMILES string of the molecule is O=C(CCc1ccc(S(=O)(=O)N2CCCCCC2)cc1)N1CCCC1c1ccncc1. The van der Waals surface area contributed by atoms with Crippen molar-refractivity contribution in [3.8, 4) is 0 Å². The maximum atomic E-state index is 12.9. The van der Waals surface area contributed by atoms with Crippen LogP contribution in [-0.4, -0.2) is 48.1 Å². The molecule has 3 heterocycles. The van der Waals surface area contributed by atoms with Crippen molar-refractivity contribution >= 4 is 15.9 Å². The first-order valence-electron chi connectivity index (χ1n) is 11.3. The molecule has 0 spiro atoms. The number of rotatable bonds is 6. The normalized spacial score (nSPS) is 20.5. The second-order valence-electron chi connectivity index (χ2n) is 8.49. The van der Waals surface area contributed by atoms with E-state index in [1.807, 2.05) is 29.2 Å². The highest BCUT2D eigenvalue weighted by molar-refractivity contribution is 7.89. The molecule has 0 radical (unpaired) electrons. The van der Waals surface area contributed by atoms with Gasteiger partial charge in [-0.1, -0.05) is 25.0 Å². The molecule has 1 aromatic carbocycles. The van der Waals surface area contributed by atoms with E-state index in [2.05, 4.69) is 4.98 Å². The lowest BCUT2D eigenvalue weighted by Crippen LogP contribution is -2.32. The van der Waals surface area contributed by atoms with Crippen molar-refractivity contribution in [1.82, 2.24) is 14.2 Å². The van der Waals surface area contributed by atoms with Crippen LogP contribution in [0.4, 0.5) is 0 Å². The number of nitrogens with zero attached hydrogens (tertiary/aromatic N) is 3. The Morgan fingerprint density at radius 2 is 1.58 bits per heavy atom. The average Bonchev–Trinajstić information content (AvgIpc) is 3.12. The van der Waals surface area contributed by atoms with E-state index >= 15 is 0 Å². The predicted octanol–water partition coefficient (Wildman–Crippen LogP) is 3.94. The molecule has 2 aromatic rings. The van der Waals surface area contributed by atoms with Crippen LogP contribution in [0, 0.1) is 0 Å². The summed E-state index contributed by atoms with van der Waals surface area (Å²) in [5, 5.41) is 0. The van der Waals surface area contributed by atoms with Gasteiger partial charge < -0.3 is 4.90 Å². The molecule has 0 aliphatic carbocycles. The second kappa shape index (κ2) is 9.92. The average molecular weight is 442 g/mol. The molecule has 7 heteroatoms. The molecule has 2 aliphatic rings. The number of aromatic nitrogens is 1. The van der Waals surface area contributed by atoms with Crippen molar-refractivity contribution < 1.29 is 13.2 Å². The van der Waals surface area contributed by atoms with Gasteiger partial charge in [0.05, 0.1) is 10.9 Å². The fourth-order valence-corrected chi connectivity index (χ4v) is 6.17. The quantitative estimate of drug-likeness (QED) is 0.681. The summed E-state index contributed by atoms with van der Waals surface area (Å²) in [6, 6.07) is 11.2. The van der Waals surface area contributed by atoms with Crippen LogP contribution in [0.15, 0.2) is 53.7 Å². The number of carbonyl (C=O) groups is 1. The largest absolute Gasteiger partial charge is 0.336 e. The lowest BCUT2D eigenvalue weighted by atomic mass is 10.1. The van der Waals surface area contributed by atoms with Crippen LogP contribution in [-0.2, 0) is 21.2 Å². The highest BCUT2D eigenvalue weighted by Crippen LogP contribution is 2.32. The van der Waals surface area contributed by atoms with E-state index in [1.54, 1.807) is 28.8 Å². The van der Waals surface area contributed by atoms with Gasteiger partial charge in [-0.3, -0.25) is 9.78 Å². The molecule has 1 unspecified atom stereocenters. The molecular formula is C24H31N3O3S. The maximum Gasteiger partial charge on any atom is 0.243 e. The number of benzene rings is 1. The second-order valence-corrected chi connectivity index (χ2v) is 10.4. The molecule has 2 aliphatic heterocycles. The van der Waals surface area contributed by atoms with Gasteiger partial charge in [0.2, 0.25) is 15.9 Å². The Morgan fingerprint density at radius 3 is 2.26 bits per heavy atom. The van der Waals surface area contributed by atoms with E-state index in [1.165, 1.54) is 0 Å². The van der Waals surface area contributed by atoms with Gasteiger partial charge in [-0.15, -0.1) is 0 Å². The first-order chi connectivity index (χ1) is 15.1. The number of hydrogen-bond donors (Lipinski definition) is 0. The Labute approximate surface area is 185 Å². The van der Waals surface area contributed by atoms with E-state index in [0.717, 1.165) is 56.2 Å². The third-order valence-electron chi connectivity index (χ3n) is 6.42. The molecule has 6 nitrogen and oxygen atoms in total. The standard InChI is InChI=1S/C24H31N3O3S/c28-24(27-19-5-6-23(27)21-13-15-25-16-14-21)12-9-20-7-10-22(11-8-20)31(29,30)26-17-3-1-2-4-18-26/h7-8,10-11,13-16,23H,1-6,9,12,17-19H2. The van der Waals surface area contributed by atoms with Crippen molar-refractivity contribution in [2.45, 2.75) is 62.3 Å². The van der Waals surface area contributed by atoms with Gasteiger partial charge in [0.1, 0.15) is 0 Å². The summed E-state index contributed by atoms with van der Waals surface area (Å²) in [5.41, 5.74) is 2.13.